The fourth-order valence-electron chi connectivity index (χ4n) is 9.95. The molecule has 2 aliphatic rings. The molecule has 0 N–H and O–H groups in total. The first-order valence-corrected chi connectivity index (χ1v) is 21.8. The van der Waals surface area contributed by atoms with E-state index in [1.807, 2.05) is 0 Å². The summed E-state index contributed by atoms with van der Waals surface area (Å²) < 4.78 is 14.7. The molecule has 2 heteroatoms. The first-order valence-electron chi connectivity index (χ1n) is 21.8. The van der Waals surface area contributed by atoms with Crippen molar-refractivity contribution in [2.24, 2.45) is 11.8 Å². The molecule has 4 unspecified atom stereocenters. The highest BCUT2D eigenvalue weighted by Crippen LogP contribution is 2.56. The average Bonchev–Trinajstić information content (AvgIpc) is 3.68. The van der Waals surface area contributed by atoms with E-state index in [-0.39, 0.29) is 5.92 Å². The van der Waals surface area contributed by atoms with E-state index in [9.17, 15) is 0 Å². The molecule has 4 atom stereocenters. The Labute approximate surface area is 356 Å². The van der Waals surface area contributed by atoms with Crippen molar-refractivity contribution in [3.8, 4) is 22.3 Å². The summed E-state index contributed by atoms with van der Waals surface area (Å²) >= 11 is 0. The van der Waals surface area contributed by atoms with E-state index in [1.165, 1.54) is 71.6 Å². The highest BCUT2D eigenvalue weighted by Gasteiger charge is 2.48. The Morgan fingerprint density at radius 2 is 1.08 bits per heavy atom. The molecule has 0 spiro atoms. The third kappa shape index (κ3) is 6.40. The van der Waals surface area contributed by atoms with Crippen molar-refractivity contribution in [3.05, 3.63) is 204 Å². The fourth-order valence-corrected chi connectivity index (χ4v) is 9.95. The first-order chi connectivity index (χ1) is 29.0. The van der Waals surface area contributed by atoms with Gasteiger partial charge in [0.1, 0.15) is 11.2 Å². The summed E-state index contributed by atoms with van der Waals surface area (Å²) in [7, 11) is 0. The van der Waals surface area contributed by atoms with Crippen LogP contribution >= 0.6 is 0 Å². The number of hydrogen-bond donors (Lipinski definition) is 0. The van der Waals surface area contributed by atoms with Gasteiger partial charge in [0.15, 0.2) is 0 Å². The molecular formula is C58H56O2. The number of fused-ring (bicyclic) bond motifs is 8. The highest BCUT2D eigenvalue weighted by molar-refractivity contribution is 5.96. The van der Waals surface area contributed by atoms with Gasteiger partial charge in [0, 0.05) is 28.9 Å². The molecule has 0 radical (unpaired) electrons. The largest absolute Gasteiger partial charge is 0.362 e. The Balaban J connectivity index is 1.24. The lowest BCUT2D eigenvalue weighted by atomic mass is 9.82. The van der Waals surface area contributed by atoms with E-state index in [0.29, 0.717) is 12.5 Å². The monoisotopic (exact) mass is 784 g/mol. The normalized spacial score (nSPS) is 19.4. The Hall–Kier alpha value is -5.80. The van der Waals surface area contributed by atoms with Crippen molar-refractivity contribution in [1.29, 1.82) is 0 Å². The lowest BCUT2D eigenvalue weighted by molar-refractivity contribution is -0.125. The molecular weight excluding hydrogens is 729 g/mol. The maximum absolute atomic E-state index is 7.67. The van der Waals surface area contributed by atoms with Gasteiger partial charge in [-0.1, -0.05) is 149 Å². The third-order valence-electron chi connectivity index (χ3n) is 13.7. The summed E-state index contributed by atoms with van der Waals surface area (Å²) in [5.74, 6) is 0.379. The van der Waals surface area contributed by atoms with E-state index >= 15 is 0 Å². The molecule has 2 aliphatic carbocycles. The van der Waals surface area contributed by atoms with Crippen LogP contribution in [0.25, 0.3) is 54.9 Å². The van der Waals surface area contributed by atoms with Crippen molar-refractivity contribution < 1.29 is 9.47 Å². The summed E-state index contributed by atoms with van der Waals surface area (Å²) in [5, 5.41) is 4.88. The van der Waals surface area contributed by atoms with Crippen LogP contribution in [-0.2, 0) is 20.7 Å². The molecule has 0 aromatic heterocycles. The van der Waals surface area contributed by atoms with Gasteiger partial charge in [-0.2, -0.15) is 0 Å². The zero-order chi connectivity index (χ0) is 41.8. The van der Waals surface area contributed by atoms with Crippen LogP contribution in [0.4, 0.5) is 0 Å². The van der Waals surface area contributed by atoms with Crippen molar-refractivity contribution in [3.63, 3.8) is 0 Å². The number of benzene rings is 7. The van der Waals surface area contributed by atoms with Crippen LogP contribution in [0, 0.1) is 11.8 Å². The number of ether oxygens (including phenoxy) is 2. The van der Waals surface area contributed by atoms with Gasteiger partial charge in [0.25, 0.3) is 0 Å². The average molecular weight is 785 g/mol. The lowest BCUT2D eigenvalue weighted by Gasteiger charge is -2.42. The van der Waals surface area contributed by atoms with Crippen LogP contribution in [0.1, 0.15) is 88.3 Å². The van der Waals surface area contributed by atoms with Crippen molar-refractivity contribution in [2.75, 3.05) is 6.61 Å². The second-order valence-electron chi connectivity index (χ2n) is 17.5. The van der Waals surface area contributed by atoms with E-state index < -0.39 is 16.8 Å². The van der Waals surface area contributed by atoms with Gasteiger partial charge in [-0.3, -0.25) is 0 Å². The topological polar surface area (TPSA) is 18.5 Å². The fraction of sp³-hybridized carbons (Fsp3) is 0.241. The van der Waals surface area contributed by atoms with Crippen LogP contribution in [-0.4, -0.2) is 12.2 Å². The number of allylic oxidation sites excluding steroid dienone is 3. The van der Waals surface area contributed by atoms with Gasteiger partial charge < -0.3 is 9.47 Å². The van der Waals surface area contributed by atoms with Gasteiger partial charge in [-0.25, -0.2) is 0 Å². The smallest absolute Gasteiger partial charge is 0.139 e. The Morgan fingerprint density at radius 1 is 0.583 bits per heavy atom. The van der Waals surface area contributed by atoms with Gasteiger partial charge in [-0.05, 0) is 148 Å². The molecule has 0 amide bonds. The van der Waals surface area contributed by atoms with Crippen molar-refractivity contribution in [2.45, 2.75) is 71.7 Å². The molecule has 0 fully saturated rings. The highest BCUT2D eigenvalue weighted by atomic mass is 16.5. The summed E-state index contributed by atoms with van der Waals surface area (Å²) in [6.45, 7) is 20.6. The minimum Gasteiger partial charge on any atom is -0.362 e. The predicted octanol–water partition coefficient (Wildman–Crippen LogP) is 15.3. The molecule has 7 aromatic carbocycles. The van der Waals surface area contributed by atoms with Gasteiger partial charge in [0.05, 0.1) is 5.60 Å². The quantitative estimate of drug-likeness (QED) is 0.115. The summed E-state index contributed by atoms with van der Waals surface area (Å²) in [6, 6.07) is 53.4. The molecule has 2 nitrogen and oxygen atoms in total. The van der Waals surface area contributed by atoms with E-state index in [0.717, 1.165) is 23.1 Å². The van der Waals surface area contributed by atoms with Crippen LogP contribution in [0.3, 0.4) is 0 Å². The maximum atomic E-state index is 7.67. The molecule has 0 aliphatic heterocycles. The van der Waals surface area contributed by atoms with Gasteiger partial charge >= 0.3 is 0 Å². The van der Waals surface area contributed by atoms with Crippen LogP contribution in [0.2, 0.25) is 0 Å². The molecule has 0 saturated carbocycles. The molecule has 0 saturated heterocycles. The van der Waals surface area contributed by atoms with Crippen LogP contribution < -0.4 is 0 Å². The summed E-state index contributed by atoms with van der Waals surface area (Å²) in [5.41, 5.74) is 12.3. The molecule has 7 aromatic rings. The molecule has 60 heavy (non-hydrogen) atoms. The standard InChI is InChI=1S/C58H56O2/c1-9-38(4)51(37-57(59-11-3)52-29-18-16-27-47(52)49-32-42-21-12-14-23-44(42)34-54(49)57)46-26-20-25-41(31-46)39(5)36-58(60-56(7,8)40(6)10-2)53-30-19-17-28-48(53)50-33-43-22-13-15-24-45(43)35-55(50)58/h9,12-38,40H,1,10-11H2,2-8H3/b39-36+,51-37+. The summed E-state index contributed by atoms with van der Waals surface area (Å²) in [6.07, 6.45) is 7.88. The predicted molar refractivity (Wildman–Crippen MR) is 254 cm³/mol. The zero-order valence-electron chi connectivity index (χ0n) is 36.2. The van der Waals surface area contributed by atoms with Gasteiger partial charge in [0.2, 0.25) is 0 Å². The number of rotatable bonds is 12. The second-order valence-corrected chi connectivity index (χ2v) is 17.5. The minimum absolute atomic E-state index is 0.0476. The lowest BCUT2D eigenvalue weighted by Crippen LogP contribution is -2.42. The Bertz CT molecular complexity index is 2850. The van der Waals surface area contributed by atoms with E-state index in [4.69, 9.17) is 9.47 Å². The van der Waals surface area contributed by atoms with Crippen LogP contribution in [0.5, 0.6) is 0 Å². The third-order valence-corrected chi connectivity index (χ3v) is 13.7. The molecule has 300 valence electrons. The number of hydrogen-bond acceptors (Lipinski definition) is 2. The zero-order valence-corrected chi connectivity index (χ0v) is 36.2. The SMILES string of the molecule is C=CC(C)/C(=C\C1(OCC)c2ccccc2-c2cc3ccccc3cc21)c1cccc(/C(C)=C/C2(OC(C)(C)C(C)CC)c3ccccc3-c3cc4ccccc4cc32)c1. The van der Waals surface area contributed by atoms with E-state index in [2.05, 4.69) is 219 Å². The molecule has 0 bridgehead atoms. The minimum atomic E-state index is -0.810. The first kappa shape index (κ1) is 39.6. The van der Waals surface area contributed by atoms with Crippen LogP contribution in [0.15, 0.2) is 170 Å². The maximum Gasteiger partial charge on any atom is 0.139 e. The van der Waals surface area contributed by atoms with Crippen molar-refractivity contribution >= 4 is 32.7 Å². The van der Waals surface area contributed by atoms with Gasteiger partial charge in [-0.15, -0.1) is 6.58 Å². The molecule has 9 rings (SSSR count). The Kier molecular flexibility index (Phi) is 10.1. The molecule has 0 heterocycles. The van der Waals surface area contributed by atoms with Crippen molar-refractivity contribution in [1.82, 2.24) is 0 Å². The second kappa shape index (κ2) is 15.3. The van der Waals surface area contributed by atoms with E-state index in [1.54, 1.807) is 0 Å². The Morgan fingerprint density at radius 3 is 1.63 bits per heavy atom. The summed E-state index contributed by atoms with van der Waals surface area (Å²) in [4.78, 5) is 0.